The van der Waals surface area contributed by atoms with Crippen molar-refractivity contribution in [3.05, 3.63) is 252 Å². The van der Waals surface area contributed by atoms with Crippen LogP contribution in [0.4, 0.5) is 14.4 Å². The minimum Gasteiger partial charge on any atom is -0.433 e. The molecule has 0 spiro atoms. The van der Waals surface area contributed by atoms with Crippen LogP contribution in [0.1, 0.15) is 51.1 Å². The van der Waals surface area contributed by atoms with E-state index in [4.69, 9.17) is 28.4 Å². The topological polar surface area (TPSA) is 107 Å². The summed E-state index contributed by atoms with van der Waals surface area (Å²) in [6.07, 6.45) is -2.40. The van der Waals surface area contributed by atoms with Crippen molar-refractivity contribution in [1.82, 2.24) is 0 Å². The van der Waals surface area contributed by atoms with Crippen LogP contribution in [-0.2, 0) is 25.1 Å². The van der Waals surface area contributed by atoms with E-state index in [-0.39, 0.29) is 37.6 Å². The lowest BCUT2D eigenvalue weighted by Crippen LogP contribution is -2.16. The van der Waals surface area contributed by atoms with Gasteiger partial charge in [0.25, 0.3) is 0 Å². The average molecular weight is 978 g/mol. The molecule has 0 bridgehead atoms. The summed E-state index contributed by atoms with van der Waals surface area (Å²) in [6.45, 7) is 0.406. The van der Waals surface area contributed by atoms with Crippen molar-refractivity contribution in [2.45, 2.75) is 32.4 Å². The summed E-state index contributed by atoms with van der Waals surface area (Å²) in [5.41, 5.74) is 13.5. The molecule has 12 rings (SSSR count). The van der Waals surface area contributed by atoms with Crippen LogP contribution in [-0.4, -0.2) is 38.3 Å². The van der Waals surface area contributed by atoms with E-state index in [1.165, 1.54) is 0 Å². The van der Waals surface area contributed by atoms with Gasteiger partial charge in [0.15, 0.2) is 14.7 Å². The van der Waals surface area contributed by atoms with Gasteiger partial charge in [0.1, 0.15) is 37.1 Å². The van der Waals surface area contributed by atoms with Gasteiger partial charge in [-0.2, -0.15) is 0 Å². The number of hydrogen-bond acceptors (Lipinski definition) is 9. The third-order valence-electron chi connectivity index (χ3n) is 13.8. The SMILES string of the molecule is O=C(OCC1c2ccccc2-c2ccccc21)Oc1ccc([S+](c2ccc(OC(=O)OCC3c4ccccc4-c4ccccc43)cc2)c2ccc(OC(=O)OCC3c4ccccc4-c4ccccc43)cc2)cc1. The molecule has 0 unspecified atom stereocenters. The van der Waals surface area contributed by atoms with Crippen LogP contribution < -0.4 is 14.2 Å². The molecule has 0 heterocycles. The fourth-order valence-corrected chi connectivity index (χ4v) is 12.5. The van der Waals surface area contributed by atoms with Crippen LogP contribution in [0.2, 0.25) is 0 Å². The highest BCUT2D eigenvalue weighted by molar-refractivity contribution is 7.97. The molecule has 3 aliphatic rings. The van der Waals surface area contributed by atoms with Crippen molar-refractivity contribution < 1.29 is 42.8 Å². The van der Waals surface area contributed by atoms with Gasteiger partial charge in [0.05, 0.1) is 10.9 Å². The molecule has 3 aliphatic carbocycles. The zero-order valence-corrected chi connectivity index (χ0v) is 40.0. The van der Waals surface area contributed by atoms with Crippen molar-refractivity contribution in [2.24, 2.45) is 0 Å². The van der Waals surface area contributed by atoms with Crippen molar-refractivity contribution in [3.63, 3.8) is 0 Å². The molecule has 9 aromatic carbocycles. The maximum atomic E-state index is 13.2. The van der Waals surface area contributed by atoms with Crippen LogP contribution in [0, 0.1) is 0 Å². The molecule has 10 heteroatoms. The lowest BCUT2D eigenvalue weighted by molar-refractivity contribution is 0.0954. The number of carbonyl (C=O) groups is 3. The number of rotatable bonds is 12. The van der Waals surface area contributed by atoms with Crippen LogP contribution >= 0.6 is 0 Å². The van der Waals surface area contributed by atoms with Gasteiger partial charge >= 0.3 is 18.5 Å². The Hall–Kier alpha value is -8.86. The van der Waals surface area contributed by atoms with Gasteiger partial charge in [0.2, 0.25) is 0 Å². The first-order valence-corrected chi connectivity index (χ1v) is 25.3. The Labute approximate surface area is 424 Å². The number of hydrogen-bond donors (Lipinski definition) is 0. The summed E-state index contributed by atoms with van der Waals surface area (Å²) in [4.78, 5) is 42.2. The molecular weight excluding hydrogens is 933 g/mol. The van der Waals surface area contributed by atoms with Crippen LogP contribution in [0.15, 0.2) is 233 Å². The summed E-state index contributed by atoms with van der Waals surface area (Å²) in [7, 11) is -0.735. The third-order valence-corrected chi connectivity index (χ3v) is 16.0. The second-order valence-corrected chi connectivity index (χ2v) is 19.9. The Kier molecular flexibility index (Phi) is 12.2. The standard InChI is InChI=1S/C63H45O9S/c64-61(67-37-58-52-19-7-1-13-46(52)47-14-2-8-20-53(47)58)70-40-25-31-43(32-26-40)73(44-33-27-41(28-34-44)71-62(65)68-38-59-54-21-9-3-15-48(54)49-16-4-10-22-55(49)59)45-35-29-42(30-36-45)72-63(66)69-39-60-56-23-11-5-17-50(56)51-18-6-12-24-57(51)60/h1-36,58-60H,37-39H2/q+1. The number of benzene rings is 9. The molecule has 0 fully saturated rings. The lowest BCUT2D eigenvalue weighted by atomic mass is 9.98. The fourth-order valence-electron chi connectivity index (χ4n) is 10.5. The predicted molar refractivity (Wildman–Crippen MR) is 279 cm³/mol. The van der Waals surface area contributed by atoms with Crippen molar-refractivity contribution in [1.29, 1.82) is 0 Å². The molecule has 356 valence electrons. The zero-order valence-electron chi connectivity index (χ0n) is 39.2. The summed E-state index contributed by atoms with van der Waals surface area (Å²) < 4.78 is 34.3. The number of carbonyl (C=O) groups excluding carboxylic acids is 3. The second kappa shape index (κ2) is 19.7. The van der Waals surface area contributed by atoms with Crippen LogP contribution in [0.3, 0.4) is 0 Å². The summed E-state index contributed by atoms with van der Waals surface area (Å²) >= 11 is 0. The molecule has 0 aliphatic heterocycles. The molecule has 0 saturated heterocycles. The lowest BCUT2D eigenvalue weighted by Gasteiger charge is -2.14. The monoisotopic (exact) mass is 977 g/mol. The van der Waals surface area contributed by atoms with Crippen LogP contribution in [0.5, 0.6) is 17.2 Å². The Morgan fingerprint density at radius 3 is 0.712 bits per heavy atom. The highest BCUT2D eigenvalue weighted by atomic mass is 32.2. The minimum absolute atomic E-state index is 0.101. The van der Waals surface area contributed by atoms with E-state index in [9.17, 15) is 14.4 Å². The molecule has 0 radical (unpaired) electrons. The van der Waals surface area contributed by atoms with Gasteiger partial charge in [-0.15, -0.1) is 0 Å². The van der Waals surface area contributed by atoms with E-state index in [1.54, 1.807) is 36.4 Å². The van der Waals surface area contributed by atoms with Gasteiger partial charge in [-0.05, 0) is 140 Å². The largest absolute Gasteiger partial charge is 0.513 e. The van der Waals surface area contributed by atoms with Gasteiger partial charge in [-0.3, -0.25) is 0 Å². The molecule has 0 saturated carbocycles. The number of fused-ring (bicyclic) bond motifs is 9. The van der Waals surface area contributed by atoms with E-state index in [0.29, 0.717) is 17.2 Å². The molecule has 0 atom stereocenters. The normalized spacial score (nSPS) is 12.9. The average Bonchev–Trinajstić information content (AvgIpc) is 4.06. The smallest absolute Gasteiger partial charge is 0.433 e. The van der Waals surface area contributed by atoms with Gasteiger partial charge in [-0.25, -0.2) is 14.4 Å². The molecule has 73 heavy (non-hydrogen) atoms. The molecule has 9 aromatic rings. The van der Waals surface area contributed by atoms with E-state index in [1.807, 2.05) is 109 Å². The zero-order chi connectivity index (χ0) is 49.3. The Bertz CT molecular complexity index is 3030. The highest BCUT2D eigenvalue weighted by Gasteiger charge is 2.34. The summed E-state index contributed by atoms with van der Waals surface area (Å²) in [6, 6.07) is 70.8. The molecule has 0 amide bonds. The minimum atomic E-state index is -0.799. The maximum Gasteiger partial charge on any atom is 0.513 e. The first-order chi connectivity index (χ1) is 35.9. The van der Waals surface area contributed by atoms with Crippen LogP contribution in [0.25, 0.3) is 33.4 Å². The van der Waals surface area contributed by atoms with E-state index in [2.05, 4.69) is 72.8 Å². The van der Waals surface area contributed by atoms with Crippen molar-refractivity contribution in [3.8, 4) is 50.6 Å². The quantitative estimate of drug-likeness (QED) is 0.0512. The van der Waals surface area contributed by atoms with Crippen molar-refractivity contribution >= 4 is 29.4 Å². The third kappa shape index (κ3) is 8.98. The Morgan fingerprint density at radius 1 is 0.288 bits per heavy atom. The fraction of sp³-hybridized carbons (Fsp3) is 0.0952. The highest BCUT2D eigenvalue weighted by Crippen LogP contribution is 2.47. The summed E-state index contributed by atoms with van der Waals surface area (Å²) in [5, 5.41) is 0. The van der Waals surface area contributed by atoms with Crippen molar-refractivity contribution in [2.75, 3.05) is 19.8 Å². The molecule has 9 nitrogen and oxygen atoms in total. The molecule has 0 N–H and O–H groups in total. The van der Waals surface area contributed by atoms with E-state index >= 15 is 0 Å². The predicted octanol–water partition coefficient (Wildman–Crippen LogP) is 14.8. The van der Waals surface area contributed by atoms with Gasteiger partial charge < -0.3 is 28.4 Å². The van der Waals surface area contributed by atoms with E-state index < -0.39 is 29.4 Å². The van der Waals surface area contributed by atoms with Gasteiger partial charge in [0, 0.05) is 17.8 Å². The maximum absolute atomic E-state index is 13.2. The Balaban J connectivity index is 0.737. The van der Waals surface area contributed by atoms with Gasteiger partial charge in [-0.1, -0.05) is 146 Å². The Morgan fingerprint density at radius 2 is 0.493 bits per heavy atom. The molecule has 0 aromatic heterocycles. The number of ether oxygens (including phenoxy) is 6. The molecular formula is C63H45O9S+. The second-order valence-electron chi connectivity index (χ2n) is 17.9. The van der Waals surface area contributed by atoms with E-state index in [0.717, 1.165) is 81.4 Å². The summed E-state index contributed by atoms with van der Waals surface area (Å²) in [5.74, 6) is 0.664. The first-order valence-electron chi connectivity index (χ1n) is 24.1. The first kappa shape index (κ1) is 45.3.